The molecular formula is C12H13ClN4. The van der Waals surface area contributed by atoms with Crippen LogP contribution in [0.1, 0.15) is 18.8 Å². The molecule has 0 spiro atoms. The average molecular weight is 249 g/mol. The van der Waals surface area contributed by atoms with Crippen LogP contribution in [0.3, 0.4) is 0 Å². The zero-order valence-electron chi connectivity index (χ0n) is 9.68. The lowest BCUT2D eigenvalue weighted by atomic mass is 10.1. The molecule has 0 saturated heterocycles. The van der Waals surface area contributed by atoms with E-state index >= 15 is 0 Å². The summed E-state index contributed by atoms with van der Waals surface area (Å²) < 4.78 is 0. The minimum absolute atomic E-state index is 0.0601. The van der Waals surface area contributed by atoms with Gasteiger partial charge in [0.2, 0.25) is 0 Å². The van der Waals surface area contributed by atoms with Crippen molar-refractivity contribution in [1.29, 1.82) is 0 Å². The van der Waals surface area contributed by atoms with E-state index in [9.17, 15) is 0 Å². The van der Waals surface area contributed by atoms with Crippen molar-refractivity contribution in [1.82, 2.24) is 20.5 Å². The molecule has 1 aromatic heterocycles. The lowest BCUT2D eigenvalue weighted by Gasteiger charge is -2.09. The maximum Gasteiger partial charge on any atom is 0.168 e. The fourth-order valence-corrected chi connectivity index (χ4v) is 1.66. The highest BCUT2D eigenvalue weighted by Gasteiger charge is 2.10. The fraction of sp³-hybridized carbons (Fsp3) is 0.250. The van der Waals surface area contributed by atoms with Gasteiger partial charge >= 0.3 is 0 Å². The third-order valence-electron chi connectivity index (χ3n) is 2.55. The van der Waals surface area contributed by atoms with Gasteiger partial charge in [-0.25, -0.2) is 4.98 Å². The van der Waals surface area contributed by atoms with E-state index in [1.165, 1.54) is 0 Å². The number of benzene rings is 1. The first-order valence-corrected chi connectivity index (χ1v) is 5.72. The van der Waals surface area contributed by atoms with Crippen molar-refractivity contribution in [3.8, 4) is 11.3 Å². The number of nitrogens with one attached hydrogen (secondary N) is 1. The van der Waals surface area contributed by atoms with Crippen LogP contribution in [0.15, 0.2) is 30.5 Å². The lowest BCUT2D eigenvalue weighted by molar-refractivity contribution is 0.598. The summed E-state index contributed by atoms with van der Waals surface area (Å²) in [7, 11) is 1.86. The topological polar surface area (TPSA) is 50.7 Å². The molecule has 0 amide bonds. The number of hydrogen-bond acceptors (Lipinski definition) is 4. The third-order valence-corrected chi connectivity index (χ3v) is 2.87. The monoisotopic (exact) mass is 248 g/mol. The second kappa shape index (κ2) is 5.21. The first-order valence-electron chi connectivity index (χ1n) is 5.34. The Morgan fingerprint density at radius 3 is 2.76 bits per heavy atom. The van der Waals surface area contributed by atoms with Crippen molar-refractivity contribution < 1.29 is 0 Å². The van der Waals surface area contributed by atoms with Crippen LogP contribution in [-0.2, 0) is 0 Å². The summed E-state index contributed by atoms with van der Waals surface area (Å²) in [4.78, 5) is 4.45. The third kappa shape index (κ3) is 2.60. The van der Waals surface area contributed by atoms with Crippen LogP contribution < -0.4 is 5.32 Å². The summed E-state index contributed by atoms with van der Waals surface area (Å²) in [5, 5.41) is 11.7. The van der Waals surface area contributed by atoms with E-state index in [2.05, 4.69) is 20.5 Å². The second-order valence-corrected chi connectivity index (χ2v) is 4.10. The number of aromatic nitrogens is 3. The van der Waals surface area contributed by atoms with E-state index in [1.807, 2.05) is 38.2 Å². The largest absolute Gasteiger partial charge is 0.311 e. The molecule has 1 aromatic carbocycles. The van der Waals surface area contributed by atoms with Crippen molar-refractivity contribution in [3.63, 3.8) is 0 Å². The fourth-order valence-electron chi connectivity index (χ4n) is 1.43. The summed E-state index contributed by atoms with van der Waals surface area (Å²) in [6, 6.07) is 7.62. The molecule has 4 nitrogen and oxygen atoms in total. The van der Waals surface area contributed by atoms with E-state index < -0.39 is 0 Å². The predicted molar refractivity (Wildman–Crippen MR) is 67.7 cm³/mol. The van der Waals surface area contributed by atoms with Gasteiger partial charge < -0.3 is 5.32 Å². The molecule has 0 aliphatic carbocycles. The standard InChI is InChI=1S/C12H13ClN4/c1-8(14-2)12-16-11(7-15-17-12)9-5-3-4-6-10(9)13/h3-8,14H,1-2H3. The smallest absolute Gasteiger partial charge is 0.168 e. The second-order valence-electron chi connectivity index (χ2n) is 3.69. The first-order chi connectivity index (χ1) is 8.22. The minimum Gasteiger partial charge on any atom is -0.311 e. The normalized spacial score (nSPS) is 12.4. The summed E-state index contributed by atoms with van der Waals surface area (Å²) in [6.45, 7) is 1.98. The maximum atomic E-state index is 6.12. The van der Waals surface area contributed by atoms with E-state index in [0.29, 0.717) is 10.8 Å². The molecule has 0 aliphatic heterocycles. The molecule has 5 heteroatoms. The Balaban J connectivity index is 2.43. The summed E-state index contributed by atoms with van der Waals surface area (Å²) >= 11 is 6.12. The Morgan fingerprint density at radius 2 is 2.06 bits per heavy atom. The zero-order chi connectivity index (χ0) is 12.3. The number of rotatable bonds is 3. The summed E-state index contributed by atoms with van der Waals surface area (Å²) in [6.07, 6.45) is 1.62. The molecule has 0 saturated carbocycles. The van der Waals surface area contributed by atoms with Crippen molar-refractivity contribution >= 4 is 11.6 Å². The van der Waals surface area contributed by atoms with Gasteiger partial charge in [-0.05, 0) is 20.0 Å². The molecule has 1 N–H and O–H groups in total. The van der Waals surface area contributed by atoms with Gasteiger partial charge in [0.1, 0.15) is 0 Å². The highest BCUT2D eigenvalue weighted by Crippen LogP contribution is 2.25. The number of nitrogens with zero attached hydrogens (tertiary/aromatic N) is 3. The van der Waals surface area contributed by atoms with Crippen molar-refractivity contribution in [2.45, 2.75) is 13.0 Å². The summed E-state index contributed by atoms with van der Waals surface area (Å²) in [5.74, 6) is 0.657. The highest BCUT2D eigenvalue weighted by atomic mass is 35.5. The Morgan fingerprint density at radius 1 is 1.29 bits per heavy atom. The molecule has 1 unspecified atom stereocenters. The Kier molecular flexibility index (Phi) is 3.66. The summed E-state index contributed by atoms with van der Waals surface area (Å²) in [5.41, 5.74) is 1.61. The van der Waals surface area contributed by atoms with E-state index in [-0.39, 0.29) is 6.04 Å². The SMILES string of the molecule is CNC(C)c1nncc(-c2ccccc2Cl)n1. The highest BCUT2D eigenvalue weighted by molar-refractivity contribution is 6.33. The number of hydrogen-bond donors (Lipinski definition) is 1. The van der Waals surface area contributed by atoms with E-state index in [1.54, 1.807) is 6.20 Å². The Hall–Kier alpha value is -1.52. The molecule has 0 radical (unpaired) electrons. The molecule has 0 fully saturated rings. The van der Waals surface area contributed by atoms with Gasteiger partial charge in [-0.15, -0.1) is 5.10 Å². The molecule has 88 valence electrons. The predicted octanol–water partition coefficient (Wildman–Crippen LogP) is 2.47. The van der Waals surface area contributed by atoms with Crippen LogP contribution >= 0.6 is 11.6 Å². The number of halogens is 1. The van der Waals surface area contributed by atoms with Crippen molar-refractivity contribution in [2.75, 3.05) is 7.05 Å². The Labute approximate surface area is 105 Å². The minimum atomic E-state index is 0.0601. The quantitative estimate of drug-likeness (QED) is 0.907. The lowest BCUT2D eigenvalue weighted by Crippen LogP contribution is -2.16. The molecule has 0 bridgehead atoms. The first kappa shape index (κ1) is 12.0. The average Bonchev–Trinajstić information content (AvgIpc) is 2.38. The maximum absolute atomic E-state index is 6.12. The van der Waals surface area contributed by atoms with Crippen LogP contribution in [0.25, 0.3) is 11.3 Å². The molecular weight excluding hydrogens is 236 g/mol. The molecule has 1 atom stereocenters. The van der Waals surface area contributed by atoms with Crippen LogP contribution in [0.4, 0.5) is 0 Å². The van der Waals surface area contributed by atoms with Crippen molar-refractivity contribution in [3.05, 3.63) is 41.3 Å². The van der Waals surface area contributed by atoms with Crippen LogP contribution in [0.5, 0.6) is 0 Å². The van der Waals surface area contributed by atoms with Gasteiger partial charge in [-0.3, -0.25) is 0 Å². The molecule has 2 rings (SSSR count). The van der Waals surface area contributed by atoms with Gasteiger partial charge in [0.15, 0.2) is 5.82 Å². The van der Waals surface area contributed by atoms with Gasteiger partial charge in [0.05, 0.1) is 23.0 Å². The van der Waals surface area contributed by atoms with E-state index in [4.69, 9.17) is 11.6 Å². The van der Waals surface area contributed by atoms with Crippen molar-refractivity contribution in [2.24, 2.45) is 0 Å². The van der Waals surface area contributed by atoms with Gasteiger partial charge in [-0.1, -0.05) is 29.8 Å². The van der Waals surface area contributed by atoms with Gasteiger partial charge in [-0.2, -0.15) is 5.10 Å². The molecule has 17 heavy (non-hydrogen) atoms. The van der Waals surface area contributed by atoms with Gasteiger partial charge in [0.25, 0.3) is 0 Å². The van der Waals surface area contributed by atoms with E-state index in [0.717, 1.165) is 11.3 Å². The molecule has 0 aliphatic rings. The molecule has 1 heterocycles. The van der Waals surface area contributed by atoms with Crippen LogP contribution in [-0.4, -0.2) is 22.2 Å². The van der Waals surface area contributed by atoms with Crippen LogP contribution in [0.2, 0.25) is 5.02 Å². The zero-order valence-corrected chi connectivity index (χ0v) is 10.4. The van der Waals surface area contributed by atoms with Gasteiger partial charge in [0, 0.05) is 5.56 Å². The Bertz CT molecular complexity index is 515. The molecule has 2 aromatic rings. The van der Waals surface area contributed by atoms with Crippen LogP contribution in [0, 0.1) is 0 Å².